The molecule has 2 aliphatic heterocycles. The third kappa shape index (κ3) is 3.15. The van der Waals surface area contributed by atoms with Crippen LogP contribution in [0.2, 0.25) is 0 Å². The number of hydrogen-bond donors (Lipinski definition) is 1. The number of ether oxygens (including phenoxy) is 1. The number of hydrogen-bond acceptors (Lipinski definition) is 6. The second-order valence-corrected chi connectivity index (χ2v) is 7.04. The van der Waals surface area contributed by atoms with Gasteiger partial charge in [-0.2, -0.15) is 5.10 Å². The molecule has 1 atom stereocenters. The van der Waals surface area contributed by atoms with E-state index in [9.17, 15) is 14.4 Å². The molecule has 2 aromatic rings. The molecule has 142 valence electrons. The van der Waals surface area contributed by atoms with Gasteiger partial charge < -0.3 is 4.74 Å². The maximum Gasteiger partial charge on any atom is 0.354 e. The Morgan fingerprint density at radius 1 is 1.11 bits per heavy atom. The Hall–Kier alpha value is -3.48. The highest BCUT2D eigenvalue weighted by Crippen LogP contribution is 2.34. The van der Waals surface area contributed by atoms with E-state index in [1.807, 2.05) is 49.4 Å². The second-order valence-electron chi connectivity index (χ2n) is 7.04. The van der Waals surface area contributed by atoms with Crippen LogP contribution in [0.1, 0.15) is 24.0 Å². The molecule has 1 fully saturated rings. The number of amides is 2. The van der Waals surface area contributed by atoms with Crippen molar-refractivity contribution in [2.24, 2.45) is 5.10 Å². The fraction of sp³-hybridized carbons (Fsp3) is 0.238. The van der Waals surface area contributed by atoms with Crippen molar-refractivity contribution in [2.75, 3.05) is 4.90 Å². The number of carbonyl (C=O) groups is 3. The second kappa shape index (κ2) is 6.92. The van der Waals surface area contributed by atoms with Crippen LogP contribution in [0.5, 0.6) is 0 Å². The maximum atomic E-state index is 13.0. The number of imide groups is 1. The molecule has 0 radical (unpaired) electrons. The maximum absolute atomic E-state index is 13.0. The lowest BCUT2D eigenvalue weighted by atomic mass is 9.93. The molecule has 2 aromatic carbocycles. The first-order valence-corrected chi connectivity index (χ1v) is 8.97. The third-order valence-electron chi connectivity index (χ3n) is 4.93. The topological polar surface area (TPSA) is 88.1 Å². The summed E-state index contributed by atoms with van der Waals surface area (Å²) in [4.78, 5) is 39.0. The Bertz CT molecular complexity index is 969. The van der Waals surface area contributed by atoms with Crippen LogP contribution in [0.15, 0.2) is 59.7 Å². The highest BCUT2D eigenvalue weighted by molar-refractivity contribution is 6.39. The molecule has 7 nitrogen and oxygen atoms in total. The fourth-order valence-corrected chi connectivity index (χ4v) is 3.38. The number of hydrazone groups is 1. The Morgan fingerprint density at radius 3 is 2.54 bits per heavy atom. The lowest BCUT2D eigenvalue weighted by molar-refractivity contribution is -0.136. The van der Waals surface area contributed by atoms with Crippen molar-refractivity contribution >= 4 is 29.2 Å². The van der Waals surface area contributed by atoms with Gasteiger partial charge in [0, 0.05) is 6.42 Å². The van der Waals surface area contributed by atoms with Gasteiger partial charge in [0.15, 0.2) is 0 Å². The monoisotopic (exact) mass is 377 g/mol. The molecule has 1 unspecified atom stereocenters. The van der Waals surface area contributed by atoms with E-state index >= 15 is 0 Å². The molecule has 2 aliphatic rings. The molecule has 1 saturated heterocycles. The van der Waals surface area contributed by atoms with Crippen LogP contribution in [0.3, 0.4) is 0 Å². The Kier molecular flexibility index (Phi) is 4.43. The van der Waals surface area contributed by atoms with Gasteiger partial charge in [-0.05, 0) is 24.6 Å². The molecule has 0 bridgehead atoms. The zero-order valence-electron chi connectivity index (χ0n) is 15.3. The zero-order valence-corrected chi connectivity index (χ0v) is 15.3. The fourth-order valence-electron chi connectivity index (χ4n) is 3.38. The van der Waals surface area contributed by atoms with Crippen LogP contribution < -0.4 is 10.3 Å². The van der Waals surface area contributed by atoms with Crippen molar-refractivity contribution in [1.29, 1.82) is 0 Å². The summed E-state index contributed by atoms with van der Waals surface area (Å²) in [7, 11) is 0. The molecule has 2 heterocycles. The number of carbonyl (C=O) groups excluding carboxylic acids is 3. The number of nitrogens with one attached hydrogen (secondary N) is 1. The smallest absolute Gasteiger partial charge is 0.354 e. The summed E-state index contributed by atoms with van der Waals surface area (Å²) in [6.07, 6.45) is -0.0355. The first-order chi connectivity index (χ1) is 13.5. The van der Waals surface area contributed by atoms with Gasteiger partial charge in [0.05, 0.1) is 12.1 Å². The van der Waals surface area contributed by atoms with Crippen LogP contribution in [0, 0.1) is 6.92 Å². The SMILES string of the molecule is Cc1ccc(N2C(=O)CC3(CC(C(=O)OCc4ccccc4)=NN3)C2=O)cc1. The van der Waals surface area contributed by atoms with Crippen molar-refractivity contribution in [1.82, 2.24) is 5.43 Å². The van der Waals surface area contributed by atoms with E-state index in [0.717, 1.165) is 16.0 Å². The average molecular weight is 377 g/mol. The van der Waals surface area contributed by atoms with Crippen LogP contribution in [-0.4, -0.2) is 29.0 Å². The molecular weight excluding hydrogens is 358 g/mol. The van der Waals surface area contributed by atoms with Gasteiger partial charge in [0.1, 0.15) is 17.9 Å². The molecule has 4 rings (SSSR count). The van der Waals surface area contributed by atoms with E-state index in [0.29, 0.717) is 5.69 Å². The van der Waals surface area contributed by atoms with E-state index in [1.165, 1.54) is 0 Å². The minimum atomic E-state index is -1.22. The van der Waals surface area contributed by atoms with Crippen molar-refractivity contribution in [2.45, 2.75) is 31.9 Å². The molecule has 2 amide bonds. The third-order valence-corrected chi connectivity index (χ3v) is 4.93. The summed E-state index contributed by atoms with van der Waals surface area (Å²) in [5.41, 5.74) is 4.02. The largest absolute Gasteiger partial charge is 0.456 e. The lowest BCUT2D eigenvalue weighted by Gasteiger charge is -2.21. The lowest BCUT2D eigenvalue weighted by Crippen LogP contribution is -2.47. The van der Waals surface area contributed by atoms with Gasteiger partial charge in [0.25, 0.3) is 5.91 Å². The molecule has 0 aromatic heterocycles. The summed E-state index contributed by atoms with van der Waals surface area (Å²) in [5.74, 6) is -1.33. The van der Waals surface area contributed by atoms with Gasteiger partial charge in [-0.15, -0.1) is 0 Å². The first kappa shape index (κ1) is 17.9. The molecule has 1 spiro atoms. The summed E-state index contributed by atoms with van der Waals surface area (Å²) in [6, 6.07) is 16.4. The summed E-state index contributed by atoms with van der Waals surface area (Å²) < 4.78 is 5.28. The number of nitrogens with zero attached hydrogens (tertiary/aromatic N) is 2. The van der Waals surface area contributed by atoms with Crippen LogP contribution in [-0.2, 0) is 25.7 Å². The average Bonchev–Trinajstić information content (AvgIpc) is 3.23. The van der Waals surface area contributed by atoms with Crippen molar-refractivity contribution in [3.05, 3.63) is 65.7 Å². The van der Waals surface area contributed by atoms with Gasteiger partial charge in [-0.1, -0.05) is 48.0 Å². The minimum absolute atomic E-state index is 0.0214. The quantitative estimate of drug-likeness (QED) is 0.651. The van der Waals surface area contributed by atoms with E-state index < -0.39 is 17.4 Å². The Balaban J connectivity index is 1.44. The van der Waals surface area contributed by atoms with Gasteiger partial charge in [0.2, 0.25) is 5.91 Å². The summed E-state index contributed by atoms with van der Waals surface area (Å²) in [6.45, 7) is 2.05. The number of esters is 1. The van der Waals surface area contributed by atoms with Gasteiger partial charge in [-0.25, -0.2) is 9.69 Å². The highest BCUT2D eigenvalue weighted by atomic mass is 16.5. The van der Waals surface area contributed by atoms with E-state index in [4.69, 9.17) is 4.74 Å². The normalized spacial score (nSPS) is 21.0. The molecule has 28 heavy (non-hydrogen) atoms. The van der Waals surface area contributed by atoms with Gasteiger partial charge in [-0.3, -0.25) is 15.0 Å². The van der Waals surface area contributed by atoms with Crippen LogP contribution in [0.25, 0.3) is 0 Å². The highest BCUT2D eigenvalue weighted by Gasteiger charge is 2.56. The number of rotatable bonds is 4. The molecule has 0 saturated carbocycles. The standard InChI is InChI=1S/C21H19N3O4/c1-14-7-9-16(10-8-14)24-18(25)12-21(20(24)27)11-17(22-23-21)19(26)28-13-15-5-3-2-4-6-15/h2-10,23H,11-13H2,1H3. The predicted octanol–water partition coefficient (Wildman–Crippen LogP) is 2.09. The van der Waals surface area contributed by atoms with E-state index in [2.05, 4.69) is 10.5 Å². The predicted molar refractivity (Wildman–Crippen MR) is 102 cm³/mol. The molecular formula is C21H19N3O4. The van der Waals surface area contributed by atoms with Crippen molar-refractivity contribution < 1.29 is 19.1 Å². The first-order valence-electron chi connectivity index (χ1n) is 8.97. The summed E-state index contributed by atoms with van der Waals surface area (Å²) in [5, 5.41) is 4.00. The van der Waals surface area contributed by atoms with Crippen LogP contribution >= 0.6 is 0 Å². The number of aryl methyl sites for hydroxylation is 1. The summed E-state index contributed by atoms with van der Waals surface area (Å²) >= 11 is 0. The Morgan fingerprint density at radius 2 is 1.82 bits per heavy atom. The minimum Gasteiger partial charge on any atom is -0.456 e. The van der Waals surface area contributed by atoms with E-state index in [1.54, 1.807) is 12.1 Å². The number of anilines is 1. The molecule has 1 N–H and O–H groups in total. The Labute approximate surface area is 162 Å². The van der Waals surface area contributed by atoms with Gasteiger partial charge >= 0.3 is 5.97 Å². The molecule has 0 aliphatic carbocycles. The van der Waals surface area contributed by atoms with Crippen molar-refractivity contribution in [3.63, 3.8) is 0 Å². The van der Waals surface area contributed by atoms with E-state index in [-0.39, 0.29) is 31.1 Å². The molecule has 7 heteroatoms. The zero-order chi connectivity index (χ0) is 19.7. The van der Waals surface area contributed by atoms with Crippen LogP contribution in [0.4, 0.5) is 5.69 Å². The number of benzene rings is 2. The van der Waals surface area contributed by atoms with Crippen molar-refractivity contribution in [3.8, 4) is 0 Å².